The maximum absolute atomic E-state index is 15.0. The quantitative estimate of drug-likeness (QED) is 0.134. The lowest BCUT2D eigenvalue weighted by atomic mass is 9.95. The summed E-state index contributed by atoms with van der Waals surface area (Å²) < 4.78 is 56.2. The van der Waals surface area contributed by atoms with Gasteiger partial charge in [-0.3, -0.25) is 10.1 Å². The van der Waals surface area contributed by atoms with Gasteiger partial charge in [-0.1, -0.05) is 72.8 Å². The van der Waals surface area contributed by atoms with E-state index < -0.39 is 40.6 Å². The van der Waals surface area contributed by atoms with Gasteiger partial charge in [0.25, 0.3) is 11.8 Å². The number of nitrogens with zero attached hydrogens (tertiary/aromatic N) is 5. The fourth-order valence-electron chi connectivity index (χ4n) is 5.70. The van der Waals surface area contributed by atoms with Gasteiger partial charge in [0.05, 0.1) is 11.5 Å². The van der Waals surface area contributed by atoms with E-state index in [1.54, 1.807) is 36.4 Å². The highest BCUT2D eigenvalue weighted by Crippen LogP contribution is 2.47. The van der Waals surface area contributed by atoms with E-state index in [0.717, 1.165) is 18.4 Å². The van der Waals surface area contributed by atoms with Gasteiger partial charge in [-0.15, -0.1) is 10.2 Å². The number of ether oxygens (including phenoxy) is 1. The minimum absolute atomic E-state index is 0.00316. The summed E-state index contributed by atoms with van der Waals surface area (Å²) >= 11 is 0. The minimum Gasteiger partial charge on any atom is -0.415 e. The fourth-order valence-corrected chi connectivity index (χ4v) is 5.70. The summed E-state index contributed by atoms with van der Waals surface area (Å²) in [5, 5.41) is 20.0. The second-order valence-electron chi connectivity index (χ2n) is 10.6. The zero-order valence-corrected chi connectivity index (χ0v) is 23.0. The Kier molecular flexibility index (Phi) is 7.70. The number of fused-ring (bicyclic) bond motifs is 7. The van der Waals surface area contributed by atoms with Crippen LogP contribution >= 0.6 is 0 Å². The summed E-state index contributed by atoms with van der Waals surface area (Å²) in [7, 11) is 0. The Morgan fingerprint density at radius 2 is 1.81 bits per heavy atom. The molecule has 4 bridgehead atoms. The third-order valence-electron chi connectivity index (χ3n) is 7.91. The molecule has 2 aliphatic rings. The summed E-state index contributed by atoms with van der Waals surface area (Å²) in [6.45, 7) is 0.301. The molecule has 2 aromatic heterocycles. The third kappa shape index (κ3) is 5.50. The Morgan fingerprint density at radius 3 is 2.53 bits per heavy atom. The van der Waals surface area contributed by atoms with Crippen molar-refractivity contribution in [1.82, 2.24) is 15.2 Å². The average Bonchev–Trinajstić information content (AvgIpc) is 3.68. The van der Waals surface area contributed by atoms with Crippen LogP contribution in [0.3, 0.4) is 0 Å². The topological polar surface area (TPSA) is 107 Å². The molecule has 1 saturated heterocycles. The third-order valence-corrected chi connectivity index (χ3v) is 7.91. The van der Waals surface area contributed by atoms with E-state index in [4.69, 9.17) is 14.1 Å². The smallest absolute Gasteiger partial charge is 0.415 e. The van der Waals surface area contributed by atoms with Crippen molar-refractivity contribution in [1.29, 1.82) is 0 Å². The molecule has 2 aliphatic heterocycles. The lowest BCUT2D eigenvalue weighted by molar-refractivity contribution is -0.384. The molecular formula is C31H28F3N5O4. The summed E-state index contributed by atoms with van der Waals surface area (Å²) in [4.78, 5) is 18.5. The summed E-state index contributed by atoms with van der Waals surface area (Å²) in [5.74, 6) is -0.843. The standard InChI is InChI=1S/C31H28F3N5O4/c32-31(33,34)30(42-20-21-11-4-1-5-12-21)17-9-3-8-15-23-16-10-18-38(23)27-24(22-13-6-2-7-14-22)19-25(39(40)41)26(35-27)28-36-37-29(30)43-28/h1-8,11-14,19,23H,9-10,15-18,20H2/t23-,30?/m1/s1. The molecule has 4 aromatic rings. The number of alkyl halides is 3. The summed E-state index contributed by atoms with van der Waals surface area (Å²) in [6.07, 6.45) is 0.436. The van der Waals surface area contributed by atoms with Crippen molar-refractivity contribution in [3.63, 3.8) is 0 Å². The largest absolute Gasteiger partial charge is 0.426 e. The molecule has 0 radical (unpaired) electrons. The van der Waals surface area contributed by atoms with Gasteiger partial charge in [-0.25, -0.2) is 4.98 Å². The summed E-state index contributed by atoms with van der Waals surface area (Å²) in [6, 6.07) is 19.0. The highest BCUT2D eigenvalue weighted by atomic mass is 19.4. The second-order valence-corrected chi connectivity index (χ2v) is 10.6. The molecule has 0 N–H and O–H groups in total. The Labute approximate surface area is 245 Å². The number of benzene rings is 2. The first-order valence-electron chi connectivity index (χ1n) is 14.0. The normalized spacial score (nSPS) is 20.4. The van der Waals surface area contributed by atoms with Crippen molar-refractivity contribution in [3.05, 3.63) is 100 Å². The number of hydrogen-bond acceptors (Lipinski definition) is 8. The first-order valence-corrected chi connectivity index (χ1v) is 14.0. The molecule has 0 amide bonds. The van der Waals surface area contributed by atoms with Crippen LogP contribution in [0.4, 0.5) is 24.7 Å². The van der Waals surface area contributed by atoms with E-state index >= 15 is 0 Å². The van der Waals surface area contributed by atoms with Gasteiger partial charge < -0.3 is 14.1 Å². The van der Waals surface area contributed by atoms with Crippen LogP contribution in [0.15, 0.2) is 83.3 Å². The lowest BCUT2D eigenvalue weighted by Gasteiger charge is -2.32. The number of hydrogen-bond donors (Lipinski definition) is 0. The highest BCUT2D eigenvalue weighted by Gasteiger charge is 2.61. The molecule has 222 valence electrons. The first kappa shape index (κ1) is 28.5. The SMILES string of the molecule is O=[N+]([O-])c1cc(-c2ccccc2)c2nc1-c1nnc(o1)C(OCc1ccccc1)(C(F)(F)F)CCC=CC[C@@H]1CCCN21. The molecule has 1 unspecified atom stereocenters. The molecule has 9 nitrogen and oxygen atoms in total. The van der Waals surface area contributed by atoms with Gasteiger partial charge in [0, 0.05) is 24.2 Å². The maximum atomic E-state index is 15.0. The predicted octanol–water partition coefficient (Wildman–Crippen LogP) is 7.39. The molecule has 2 atom stereocenters. The molecule has 12 heteroatoms. The first-order chi connectivity index (χ1) is 20.8. The van der Waals surface area contributed by atoms with E-state index in [0.29, 0.717) is 29.9 Å². The molecule has 6 rings (SSSR count). The van der Waals surface area contributed by atoms with Crippen molar-refractivity contribution < 1.29 is 27.2 Å². The van der Waals surface area contributed by atoms with Crippen molar-refractivity contribution in [2.45, 2.75) is 56.5 Å². The number of halogens is 3. The van der Waals surface area contributed by atoms with Crippen LogP contribution in [0.5, 0.6) is 0 Å². The van der Waals surface area contributed by atoms with Crippen LogP contribution in [0.25, 0.3) is 22.7 Å². The molecule has 0 saturated carbocycles. The van der Waals surface area contributed by atoms with Crippen molar-refractivity contribution in [2.75, 3.05) is 11.4 Å². The van der Waals surface area contributed by atoms with Crippen LogP contribution in [0.2, 0.25) is 0 Å². The summed E-state index contributed by atoms with van der Waals surface area (Å²) in [5.41, 5.74) is -1.92. The number of rotatable bonds is 5. The predicted molar refractivity (Wildman–Crippen MR) is 152 cm³/mol. The van der Waals surface area contributed by atoms with Gasteiger partial charge >= 0.3 is 11.9 Å². The van der Waals surface area contributed by atoms with Gasteiger partial charge in [-0.2, -0.15) is 13.2 Å². The number of nitro groups is 1. The second kappa shape index (κ2) is 11.6. The highest BCUT2D eigenvalue weighted by molar-refractivity contribution is 5.82. The van der Waals surface area contributed by atoms with E-state index in [-0.39, 0.29) is 24.8 Å². The average molecular weight is 592 g/mol. The maximum Gasteiger partial charge on any atom is 0.426 e. The zero-order chi connectivity index (χ0) is 30.0. The van der Waals surface area contributed by atoms with Crippen LogP contribution in [-0.2, 0) is 16.9 Å². The molecule has 0 aliphatic carbocycles. The van der Waals surface area contributed by atoms with Gasteiger partial charge in [0.15, 0.2) is 0 Å². The fraction of sp³-hybridized carbons (Fsp3) is 0.323. The Balaban J connectivity index is 1.54. The number of allylic oxidation sites excluding steroid dienone is 1. The Morgan fingerprint density at radius 1 is 1.07 bits per heavy atom. The van der Waals surface area contributed by atoms with Crippen LogP contribution in [0, 0.1) is 10.1 Å². The van der Waals surface area contributed by atoms with Gasteiger partial charge in [0.2, 0.25) is 11.3 Å². The van der Waals surface area contributed by atoms with Crippen molar-refractivity contribution in [2.24, 2.45) is 0 Å². The Bertz CT molecular complexity index is 1630. The van der Waals surface area contributed by atoms with E-state index in [2.05, 4.69) is 15.1 Å². The minimum atomic E-state index is -4.94. The monoisotopic (exact) mass is 591 g/mol. The van der Waals surface area contributed by atoms with Crippen LogP contribution in [0.1, 0.15) is 43.6 Å². The number of aromatic nitrogens is 3. The molecular weight excluding hydrogens is 563 g/mol. The van der Waals surface area contributed by atoms with Crippen molar-refractivity contribution >= 4 is 11.5 Å². The zero-order valence-electron chi connectivity index (χ0n) is 23.0. The molecule has 1 fully saturated rings. The van der Waals surface area contributed by atoms with E-state index in [1.165, 1.54) is 6.07 Å². The molecule has 0 spiro atoms. The van der Waals surface area contributed by atoms with Crippen molar-refractivity contribution in [3.8, 4) is 22.7 Å². The molecule has 43 heavy (non-hydrogen) atoms. The molecule has 2 aromatic carbocycles. The van der Waals surface area contributed by atoms with E-state index in [1.807, 2.05) is 36.4 Å². The number of pyridine rings is 1. The number of anilines is 1. The Hall–Kier alpha value is -4.58. The molecule has 4 heterocycles. The van der Waals surface area contributed by atoms with Crippen LogP contribution < -0.4 is 4.90 Å². The lowest BCUT2D eigenvalue weighted by Crippen LogP contribution is -2.45. The van der Waals surface area contributed by atoms with Gasteiger partial charge in [0.1, 0.15) is 5.82 Å². The van der Waals surface area contributed by atoms with E-state index in [9.17, 15) is 23.3 Å². The van der Waals surface area contributed by atoms with Gasteiger partial charge in [-0.05, 0) is 43.2 Å². The van der Waals surface area contributed by atoms with Crippen LogP contribution in [-0.4, -0.2) is 38.9 Å².